The molecule has 0 amide bonds. The summed E-state index contributed by atoms with van der Waals surface area (Å²) in [5, 5.41) is 5.92. The van der Waals surface area contributed by atoms with E-state index in [1.807, 2.05) is 17.5 Å². The molecule has 0 aliphatic heterocycles. The number of aromatic nitrogens is 1. The lowest BCUT2D eigenvalue weighted by Gasteiger charge is -2.16. The first-order valence-corrected chi connectivity index (χ1v) is 10.5. The fraction of sp³-hybridized carbons (Fsp3) is 0.167. The molecule has 5 nitrogen and oxygen atoms in total. The Morgan fingerprint density at radius 2 is 1.77 bits per heavy atom. The Kier molecular flexibility index (Phi) is 5.24. The maximum atomic E-state index is 12.9. The summed E-state index contributed by atoms with van der Waals surface area (Å²) in [5.74, 6) is -0.254. The summed E-state index contributed by atoms with van der Waals surface area (Å²) in [6.45, 7) is 0.561. The fourth-order valence-corrected chi connectivity index (χ4v) is 3.52. The Hall–Kier alpha value is -2.45. The van der Waals surface area contributed by atoms with Gasteiger partial charge in [0.15, 0.2) is 5.13 Å². The predicted octanol–water partition coefficient (Wildman–Crippen LogP) is 3.96. The van der Waals surface area contributed by atoms with E-state index in [1.54, 1.807) is 24.3 Å². The number of hydrogen-bond acceptors (Lipinski definition) is 5. The molecular weight excluding hydrogens is 373 g/mol. The largest absolute Gasteiger partial charge is 0.357 e. The summed E-state index contributed by atoms with van der Waals surface area (Å²) in [4.78, 5) is 4.54. The predicted molar refractivity (Wildman–Crippen MR) is 105 cm³/mol. The van der Waals surface area contributed by atoms with Gasteiger partial charge < -0.3 is 5.32 Å². The average Bonchev–Trinajstić information content (AvgIpc) is 3.09. The number of hydrogen-bond donors (Lipinski definition) is 1. The first-order valence-electron chi connectivity index (χ1n) is 7.81. The lowest BCUT2D eigenvalue weighted by Crippen LogP contribution is -2.24. The number of rotatable bonds is 6. The van der Waals surface area contributed by atoms with Gasteiger partial charge >= 0.3 is 0 Å². The van der Waals surface area contributed by atoms with Crippen LogP contribution in [-0.2, 0) is 16.6 Å². The van der Waals surface area contributed by atoms with Gasteiger partial charge in [0.25, 0.3) is 0 Å². The summed E-state index contributed by atoms with van der Waals surface area (Å²) in [6.07, 6.45) is 1.17. The van der Waals surface area contributed by atoms with Gasteiger partial charge in [-0.05, 0) is 29.8 Å². The minimum absolute atomic E-state index is 0.254. The molecule has 0 radical (unpaired) electrons. The maximum absolute atomic E-state index is 12.9. The van der Waals surface area contributed by atoms with Crippen LogP contribution in [0.5, 0.6) is 0 Å². The van der Waals surface area contributed by atoms with E-state index in [9.17, 15) is 12.8 Å². The Balaban J connectivity index is 1.68. The molecule has 0 unspecified atom stereocenters. The molecular formula is C18H18FN3O2S2. The molecule has 0 saturated heterocycles. The van der Waals surface area contributed by atoms with E-state index in [0.717, 1.165) is 22.0 Å². The molecule has 8 heteroatoms. The second-order valence-electron chi connectivity index (χ2n) is 5.80. The first-order chi connectivity index (χ1) is 12.3. The molecule has 1 aromatic heterocycles. The van der Waals surface area contributed by atoms with Gasteiger partial charge in [-0.2, -0.15) is 0 Å². The second kappa shape index (κ2) is 7.43. The van der Waals surface area contributed by atoms with Crippen LogP contribution in [0, 0.1) is 5.82 Å². The lowest BCUT2D eigenvalue weighted by atomic mass is 10.1. The SMILES string of the molecule is CN(c1ccc(-c2csc(NCc3ccc(F)cc3)n2)cc1)S(C)(=O)=O. The van der Waals surface area contributed by atoms with Crippen LogP contribution in [0.1, 0.15) is 5.56 Å². The number of benzene rings is 2. The molecule has 0 aliphatic rings. The van der Waals surface area contributed by atoms with Crippen molar-refractivity contribution in [1.29, 1.82) is 0 Å². The molecule has 3 rings (SSSR count). The third-order valence-electron chi connectivity index (χ3n) is 3.89. The topological polar surface area (TPSA) is 62.3 Å². The maximum Gasteiger partial charge on any atom is 0.231 e. The van der Waals surface area contributed by atoms with E-state index < -0.39 is 10.0 Å². The van der Waals surface area contributed by atoms with Crippen LogP contribution in [0.3, 0.4) is 0 Å². The number of sulfonamides is 1. The quantitative estimate of drug-likeness (QED) is 0.691. The molecule has 2 aromatic carbocycles. The normalized spacial score (nSPS) is 11.3. The van der Waals surface area contributed by atoms with Crippen molar-refractivity contribution in [2.24, 2.45) is 0 Å². The van der Waals surface area contributed by atoms with Crippen molar-refractivity contribution in [1.82, 2.24) is 4.98 Å². The lowest BCUT2D eigenvalue weighted by molar-refractivity contribution is 0.600. The van der Waals surface area contributed by atoms with Crippen LogP contribution >= 0.6 is 11.3 Å². The summed E-state index contributed by atoms with van der Waals surface area (Å²) in [6, 6.07) is 13.5. The van der Waals surface area contributed by atoms with E-state index in [0.29, 0.717) is 12.2 Å². The Morgan fingerprint density at radius 1 is 1.12 bits per heavy atom. The molecule has 0 aliphatic carbocycles. The van der Waals surface area contributed by atoms with E-state index in [-0.39, 0.29) is 5.82 Å². The second-order valence-corrected chi connectivity index (χ2v) is 8.67. The molecule has 136 valence electrons. The number of thiazole rings is 1. The highest BCUT2D eigenvalue weighted by atomic mass is 32.2. The van der Waals surface area contributed by atoms with Gasteiger partial charge in [0, 0.05) is 24.5 Å². The Labute approximate surface area is 156 Å². The molecule has 1 N–H and O–H groups in total. The van der Waals surface area contributed by atoms with Crippen molar-refractivity contribution >= 4 is 32.2 Å². The van der Waals surface area contributed by atoms with Crippen LogP contribution in [0.25, 0.3) is 11.3 Å². The zero-order valence-corrected chi connectivity index (χ0v) is 15.9. The summed E-state index contributed by atoms with van der Waals surface area (Å²) in [7, 11) is -1.76. The van der Waals surface area contributed by atoms with Gasteiger partial charge in [-0.3, -0.25) is 4.31 Å². The van der Waals surface area contributed by atoms with E-state index in [4.69, 9.17) is 0 Å². The third-order valence-corrected chi connectivity index (χ3v) is 5.89. The molecule has 0 fully saturated rings. The molecule has 0 saturated carbocycles. The van der Waals surface area contributed by atoms with E-state index >= 15 is 0 Å². The van der Waals surface area contributed by atoms with Crippen LogP contribution in [0.15, 0.2) is 53.9 Å². The van der Waals surface area contributed by atoms with Crippen LogP contribution in [0.4, 0.5) is 15.2 Å². The summed E-state index contributed by atoms with van der Waals surface area (Å²) < 4.78 is 37.3. The van der Waals surface area contributed by atoms with Crippen molar-refractivity contribution in [3.63, 3.8) is 0 Å². The number of nitrogens with zero attached hydrogens (tertiary/aromatic N) is 2. The molecule has 0 bridgehead atoms. The highest BCUT2D eigenvalue weighted by Gasteiger charge is 2.12. The molecule has 3 aromatic rings. The van der Waals surface area contributed by atoms with Gasteiger partial charge in [0.05, 0.1) is 17.6 Å². The minimum Gasteiger partial charge on any atom is -0.357 e. The van der Waals surface area contributed by atoms with Crippen molar-refractivity contribution in [3.05, 3.63) is 65.3 Å². The van der Waals surface area contributed by atoms with Crippen LogP contribution in [-0.4, -0.2) is 26.7 Å². The average molecular weight is 391 g/mol. The van der Waals surface area contributed by atoms with Gasteiger partial charge in [-0.25, -0.2) is 17.8 Å². The third kappa shape index (κ3) is 4.39. The van der Waals surface area contributed by atoms with Crippen LogP contribution in [0.2, 0.25) is 0 Å². The molecule has 0 atom stereocenters. The molecule has 1 heterocycles. The zero-order valence-electron chi connectivity index (χ0n) is 14.3. The standard InChI is InChI=1S/C18H18FN3O2S2/c1-22(26(2,23)24)16-9-5-14(6-10-16)17-12-25-18(21-17)20-11-13-3-7-15(19)8-4-13/h3-10,12H,11H2,1-2H3,(H,20,21). The first kappa shape index (κ1) is 18.3. The van der Waals surface area contributed by atoms with E-state index in [1.165, 1.54) is 41.1 Å². The van der Waals surface area contributed by atoms with Gasteiger partial charge in [0.2, 0.25) is 10.0 Å². The summed E-state index contributed by atoms with van der Waals surface area (Å²) in [5.41, 5.74) is 3.28. The van der Waals surface area contributed by atoms with Crippen LogP contribution < -0.4 is 9.62 Å². The smallest absolute Gasteiger partial charge is 0.231 e. The fourth-order valence-electron chi connectivity index (χ4n) is 2.30. The van der Waals surface area contributed by atoms with Crippen molar-refractivity contribution in [3.8, 4) is 11.3 Å². The number of nitrogens with one attached hydrogen (secondary N) is 1. The van der Waals surface area contributed by atoms with Gasteiger partial charge in [-0.1, -0.05) is 24.3 Å². The van der Waals surface area contributed by atoms with Gasteiger partial charge in [-0.15, -0.1) is 11.3 Å². The molecule has 0 spiro atoms. The minimum atomic E-state index is -3.28. The Bertz CT molecular complexity index is 984. The summed E-state index contributed by atoms with van der Waals surface area (Å²) >= 11 is 1.48. The van der Waals surface area contributed by atoms with Crippen molar-refractivity contribution in [2.75, 3.05) is 22.9 Å². The highest BCUT2D eigenvalue weighted by Crippen LogP contribution is 2.27. The number of halogens is 1. The highest BCUT2D eigenvalue weighted by molar-refractivity contribution is 7.92. The van der Waals surface area contributed by atoms with Crippen molar-refractivity contribution < 1.29 is 12.8 Å². The zero-order chi connectivity index (χ0) is 18.7. The van der Waals surface area contributed by atoms with E-state index in [2.05, 4.69) is 10.3 Å². The van der Waals surface area contributed by atoms with Crippen molar-refractivity contribution in [2.45, 2.75) is 6.54 Å². The monoisotopic (exact) mass is 391 g/mol. The Morgan fingerprint density at radius 3 is 2.38 bits per heavy atom. The molecule has 26 heavy (non-hydrogen) atoms. The number of anilines is 2. The van der Waals surface area contributed by atoms with Gasteiger partial charge in [0.1, 0.15) is 5.82 Å².